The number of rotatable bonds is 12. The van der Waals surface area contributed by atoms with Gasteiger partial charge in [-0.05, 0) is 77.8 Å². The fourth-order valence-corrected chi connectivity index (χ4v) is 6.54. The molecule has 1 aliphatic rings. The van der Waals surface area contributed by atoms with E-state index in [4.69, 9.17) is 14.2 Å². The molecule has 0 fully saturated rings. The van der Waals surface area contributed by atoms with Crippen LogP contribution >= 0.6 is 0 Å². The third-order valence-corrected chi connectivity index (χ3v) is 9.12. The minimum Gasteiger partial charge on any atom is -0.493 e. The zero-order valence-corrected chi connectivity index (χ0v) is 29.6. The molecule has 11 heteroatoms. The van der Waals surface area contributed by atoms with Gasteiger partial charge in [-0.2, -0.15) is 0 Å². The number of hydrogen-bond acceptors (Lipinski definition) is 8. The van der Waals surface area contributed by atoms with Gasteiger partial charge >= 0.3 is 0 Å². The van der Waals surface area contributed by atoms with Gasteiger partial charge in [0.15, 0.2) is 11.5 Å². The van der Waals surface area contributed by atoms with Crippen LogP contribution in [0.1, 0.15) is 70.5 Å². The van der Waals surface area contributed by atoms with Crippen LogP contribution in [0.2, 0.25) is 0 Å². The number of carbonyl (C=O) groups is 2. The second kappa shape index (κ2) is 15.0. The van der Waals surface area contributed by atoms with Crippen LogP contribution in [0.4, 0.5) is 11.4 Å². The topological polar surface area (TPSA) is 144 Å². The first-order chi connectivity index (χ1) is 23.5. The Balaban J connectivity index is 1.55. The van der Waals surface area contributed by atoms with Crippen molar-refractivity contribution >= 4 is 34.2 Å². The average Bonchev–Trinajstić information content (AvgIpc) is 3.31. The largest absolute Gasteiger partial charge is 0.493 e. The van der Waals surface area contributed by atoms with Crippen LogP contribution in [0.5, 0.6) is 17.2 Å². The highest BCUT2D eigenvalue weighted by atomic mass is 16.5. The zero-order valence-electron chi connectivity index (χ0n) is 29.6. The number of fused-ring (bicyclic) bond motifs is 4. The van der Waals surface area contributed by atoms with Crippen LogP contribution in [0, 0.1) is 11.8 Å². The van der Waals surface area contributed by atoms with Crippen molar-refractivity contribution in [3.05, 3.63) is 69.6 Å². The lowest BCUT2D eigenvalue weighted by molar-refractivity contribution is -0.120. The van der Waals surface area contributed by atoms with Gasteiger partial charge in [-0.3, -0.25) is 14.4 Å². The summed E-state index contributed by atoms with van der Waals surface area (Å²) in [5.41, 5.74) is 5.31. The van der Waals surface area contributed by atoms with E-state index in [0.29, 0.717) is 59.2 Å². The number of amides is 2. The van der Waals surface area contributed by atoms with Gasteiger partial charge in [-0.25, -0.2) is 4.98 Å². The van der Waals surface area contributed by atoms with E-state index in [2.05, 4.69) is 39.8 Å². The number of nitrogens with one attached hydrogen (secondary N) is 4. The molecule has 260 valence electrons. The summed E-state index contributed by atoms with van der Waals surface area (Å²) in [7, 11) is 4.68. The molecule has 1 aromatic heterocycles. The third-order valence-electron chi connectivity index (χ3n) is 9.12. The van der Waals surface area contributed by atoms with Crippen molar-refractivity contribution < 1.29 is 23.8 Å². The number of nitrogens with zero attached hydrogens (tertiary/aromatic N) is 1. The Kier molecular flexibility index (Phi) is 10.8. The van der Waals surface area contributed by atoms with E-state index in [1.807, 2.05) is 44.2 Å². The minimum absolute atomic E-state index is 0.110. The monoisotopic (exact) mass is 669 g/mol. The molecule has 0 spiro atoms. The molecule has 3 aromatic carbocycles. The number of methoxy groups -OCH3 is 3. The minimum atomic E-state index is -0.716. The Bertz CT molecular complexity index is 1920. The Morgan fingerprint density at radius 1 is 1.00 bits per heavy atom. The zero-order chi connectivity index (χ0) is 35.4. The van der Waals surface area contributed by atoms with E-state index in [0.717, 1.165) is 34.4 Å². The second-order valence-electron chi connectivity index (χ2n) is 13.1. The number of aromatic nitrogens is 2. The van der Waals surface area contributed by atoms with Crippen molar-refractivity contribution in [3.8, 4) is 28.4 Å². The lowest BCUT2D eigenvalue weighted by atomic mass is 9.95. The number of benzene rings is 2. The first-order valence-corrected chi connectivity index (χ1v) is 16.8. The number of aromatic amines is 1. The van der Waals surface area contributed by atoms with E-state index >= 15 is 0 Å². The molecule has 0 bridgehead atoms. The normalized spacial score (nSPS) is 15.0. The van der Waals surface area contributed by atoms with Gasteiger partial charge < -0.3 is 35.1 Å². The van der Waals surface area contributed by atoms with Crippen molar-refractivity contribution in [1.82, 2.24) is 15.3 Å². The Labute approximate surface area is 287 Å². The molecular weight excluding hydrogens is 622 g/mol. The van der Waals surface area contributed by atoms with E-state index in [9.17, 15) is 14.4 Å². The van der Waals surface area contributed by atoms with E-state index in [1.54, 1.807) is 33.5 Å². The summed E-state index contributed by atoms with van der Waals surface area (Å²) in [6.45, 7) is 9.73. The van der Waals surface area contributed by atoms with Gasteiger partial charge in [-0.1, -0.05) is 40.2 Å². The molecule has 49 heavy (non-hydrogen) atoms. The number of anilines is 2. The first kappa shape index (κ1) is 35.3. The third kappa shape index (κ3) is 7.50. The van der Waals surface area contributed by atoms with Crippen molar-refractivity contribution in [2.24, 2.45) is 11.8 Å². The quantitative estimate of drug-likeness (QED) is 0.136. The molecule has 4 aromatic rings. The highest BCUT2D eigenvalue weighted by molar-refractivity contribution is 5.98. The number of hydrogen-bond donors (Lipinski definition) is 4. The Morgan fingerprint density at radius 3 is 2.41 bits per heavy atom. The number of ether oxygens (including phenoxy) is 3. The smallest absolute Gasteiger partial charge is 0.247 e. The van der Waals surface area contributed by atoms with Crippen molar-refractivity contribution in [3.63, 3.8) is 0 Å². The summed E-state index contributed by atoms with van der Waals surface area (Å²) in [5, 5.41) is 9.36. The van der Waals surface area contributed by atoms with Gasteiger partial charge in [0.2, 0.25) is 23.0 Å². The molecule has 11 nitrogen and oxygen atoms in total. The van der Waals surface area contributed by atoms with Crippen LogP contribution in [0.15, 0.2) is 47.3 Å². The SMILES string of the molecule is CC[C@H](C)[C@@H](Nc1ccc2c(cc1=O)[C@@H](NC(C)=O)CCc1cc(OC)c(OC)c(OC)c1-2)C(=O)Nc1ccc2nc(CC(C)C)[nH]c2c1. The number of carbonyl (C=O) groups excluding carboxylic acids is 2. The van der Waals surface area contributed by atoms with Gasteiger partial charge in [0.1, 0.15) is 11.9 Å². The maximum atomic E-state index is 14.0. The predicted octanol–water partition coefficient (Wildman–Crippen LogP) is 6.40. The fraction of sp³-hybridized carbons (Fsp3) is 0.421. The van der Waals surface area contributed by atoms with Crippen LogP contribution in [0.3, 0.4) is 0 Å². The lowest BCUT2D eigenvalue weighted by Crippen LogP contribution is -2.40. The second-order valence-corrected chi connectivity index (χ2v) is 13.1. The molecule has 0 unspecified atom stereocenters. The highest BCUT2D eigenvalue weighted by Crippen LogP contribution is 2.50. The van der Waals surface area contributed by atoms with Gasteiger partial charge in [0, 0.05) is 24.6 Å². The summed E-state index contributed by atoms with van der Waals surface area (Å²) >= 11 is 0. The van der Waals surface area contributed by atoms with Gasteiger partial charge in [0.05, 0.1) is 44.1 Å². The van der Waals surface area contributed by atoms with E-state index in [1.165, 1.54) is 6.92 Å². The fourth-order valence-electron chi connectivity index (χ4n) is 6.54. The molecule has 1 heterocycles. The molecule has 2 amide bonds. The Morgan fingerprint density at radius 2 is 1.76 bits per heavy atom. The lowest BCUT2D eigenvalue weighted by Gasteiger charge is -2.24. The summed E-state index contributed by atoms with van der Waals surface area (Å²) in [6.07, 6.45) is 2.66. The van der Waals surface area contributed by atoms with Gasteiger partial charge in [-0.15, -0.1) is 0 Å². The number of imidazole rings is 1. The predicted molar refractivity (Wildman–Crippen MR) is 193 cm³/mol. The molecule has 4 N–H and O–H groups in total. The van der Waals surface area contributed by atoms with Crippen molar-refractivity contribution in [2.45, 2.75) is 72.4 Å². The standard InChI is InChI=1S/C38H47N5O6/c1-9-21(4)35(38(46)40-24-11-14-28-30(18-24)42-33(41-28)16-20(2)3)43-29-15-12-25-26(19-31(29)45)27(39-22(5)44)13-10-23-17-32(47-6)36(48-7)37(49-8)34(23)25/h11-12,14-15,17-21,27,35H,9-10,13,16H2,1-8H3,(H,39,44)(H,40,46)(H,41,42)(H,43,45)/t21-,27-,35+/m0/s1. The van der Waals surface area contributed by atoms with Crippen LogP contribution < -0.4 is 35.6 Å². The molecule has 3 atom stereocenters. The first-order valence-electron chi connectivity index (χ1n) is 16.8. The van der Waals surface area contributed by atoms with Crippen LogP contribution in [-0.2, 0) is 22.4 Å². The summed E-state index contributed by atoms with van der Waals surface area (Å²) in [6, 6.07) is 11.5. The average molecular weight is 670 g/mol. The van der Waals surface area contributed by atoms with Crippen molar-refractivity contribution in [1.29, 1.82) is 0 Å². The summed E-state index contributed by atoms with van der Waals surface area (Å²) in [4.78, 5) is 48.2. The van der Waals surface area contributed by atoms with E-state index < -0.39 is 12.1 Å². The number of H-pyrrole nitrogens is 1. The molecule has 0 aliphatic heterocycles. The van der Waals surface area contributed by atoms with Crippen LogP contribution in [0.25, 0.3) is 22.2 Å². The van der Waals surface area contributed by atoms with E-state index in [-0.39, 0.29) is 28.8 Å². The molecular formula is C38H47N5O6. The molecule has 0 saturated heterocycles. The molecule has 1 aliphatic carbocycles. The van der Waals surface area contributed by atoms with Crippen LogP contribution in [-0.4, -0.2) is 49.2 Å². The Hall–Kier alpha value is -5.06. The summed E-state index contributed by atoms with van der Waals surface area (Å²) in [5.74, 6) is 2.21. The highest BCUT2D eigenvalue weighted by Gasteiger charge is 2.30. The molecule has 0 radical (unpaired) electrons. The number of aryl methyl sites for hydroxylation is 1. The van der Waals surface area contributed by atoms with Gasteiger partial charge in [0.25, 0.3) is 0 Å². The maximum absolute atomic E-state index is 14.0. The summed E-state index contributed by atoms with van der Waals surface area (Å²) < 4.78 is 17.2. The molecule has 0 saturated carbocycles. The van der Waals surface area contributed by atoms with Crippen molar-refractivity contribution in [2.75, 3.05) is 32.0 Å². The maximum Gasteiger partial charge on any atom is 0.247 e. The molecule has 5 rings (SSSR count).